The molecule has 3 rings (SSSR count). The summed E-state index contributed by atoms with van der Waals surface area (Å²) >= 11 is 0. The monoisotopic (exact) mass is 278 g/mol. The maximum absolute atomic E-state index is 5.66. The van der Waals surface area contributed by atoms with Crippen molar-refractivity contribution in [2.24, 2.45) is 5.73 Å². The van der Waals surface area contributed by atoms with Gasteiger partial charge in [-0.05, 0) is 19.3 Å². The van der Waals surface area contributed by atoms with Crippen molar-refractivity contribution in [2.45, 2.75) is 44.9 Å². The highest BCUT2D eigenvalue weighted by Crippen LogP contribution is 2.16. The van der Waals surface area contributed by atoms with E-state index in [4.69, 9.17) is 15.0 Å². The first kappa shape index (κ1) is 13.2. The van der Waals surface area contributed by atoms with Crippen LogP contribution in [0.1, 0.15) is 36.7 Å². The number of hydrogen-bond acceptors (Lipinski definition) is 7. The van der Waals surface area contributed by atoms with Gasteiger partial charge in [-0.15, -0.1) is 5.10 Å². The van der Waals surface area contributed by atoms with Crippen molar-refractivity contribution < 1.29 is 9.26 Å². The second-order valence-electron chi connectivity index (χ2n) is 4.91. The average molecular weight is 278 g/mol. The second-order valence-corrected chi connectivity index (χ2v) is 4.91. The maximum Gasteiger partial charge on any atom is 0.248 e. The Labute approximate surface area is 116 Å². The third-order valence-electron chi connectivity index (χ3n) is 3.29. The van der Waals surface area contributed by atoms with Crippen LogP contribution in [0, 0.1) is 0 Å². The lowest BCUT2D eigenvalue weighted by atomic mass is 10.1. The SMILES string of the molecule is NCc1cn(Cc2nc(CC3CCCCO3)no2)nn1. The van der Waals surface area contributed by atoms with Crippen LogP contribution in [0.3, 0.4) is 0 Å². The van der Waals surface area contributed by atoms with E-state index in [-0.39, 0.29) is 6.10 Å². The van der Waals surface area contributed by atoms with Gasteiger partial charge in [0, 0.05) is 19.6 Å². The van der Waals surface area contributed by atoms with E-state index in [1.54, 1.807) is 10.9 Å². The summed E-state index contributed by atoms with van der Waals surface area (Å²) in [5, 5.41) is 11.8. The zero-order valence-corrected chi connectivity index (χ0v) is 11.2. The normalized spacial score (nSPS) is 19.4. The third-order valence-corrected chi connectivity index (χ3v) is 3.29. The number of ether oxygens (including phenoxy) is 1. The molecular weight excluding hydrogens is 260 g/mol. The van der Waals surface area contributed by atoms with Gasteiger partial charge >= 0.3 is 0 Å². The lowest BCUT2D eigenvalue weighted by Crippen LogP contribution is -2.21. The number of rotatable bonds is 5. The number of nitrogens with two attached hydrogens (primary N) is 1. The topological polar surface area (TPSA) is 105 Å². The van der Waals surface area contributed by atoms with Crippen LogP contribution < -0.4 is 5.73 Å². The molecular formula is C12H18N6O2. The Morgan fingerprint density at radius 1 is 1.40 bits per heavy atom. The summed E-state index contributed by atoms with van der Waals surface area (Å²) in [6.07, 6.45) is 6.10. The van der Waals surface area contributed by atoms with Gasteiger partial charge in [-0.2, -0.15) is 4.98 Å². The van der Waals surface area contributed by atoms with Gasteiger partial charge in [-0.25, -0.2) is 4.68 Å². The van der Waals surface area contributed by atoms with E-state index in [9.17, 15) is 0 Å². The molecule has 108 valence electrons. The minimum absolute atomic E-state index is 0.212. The van der Waals surface area contributed by atoms with Gasteiger partial charge in [0.05, 0.1) is 18.0 Å². The highest BCUT2D eigenvalue weighted by Gasteiger charge is 2.18. The minimum atomic E-state index is 0.212. The summed E-state index contributed by atoms with van der Waals surface area (Å²) in [5.41, 5.74) is 6.22. The molecule has 2 aromatic rings. The third kappa shape index (κ3) is 3.20. The molecule has 3 heterocycles. The Kier molecular flexibility index (Phi) is 4.03. The van der Waals surface area contributed by atoms with Crippen molar-refractivity contribution in [3.63, 3.8) is 0 Å². The highest BCUT2D eigenvalue weighted by molar-refractivity contribution is 4.94. The molecule has 0 aromatic carbocycles. The molecule has 1 unspecified atom stereocenters. The van der Waals surface area contributed by atoms with E-state index in [0.717, 1.165) is 25.1 Å². The Hall–Kier alpha value is -1.80. The van der Waals surface area contributed by atoms with Gasteiger partial charge in [0.15, 0.2) is 5.82 Å². The number of hydrogen-bond donors (Lipinski definition) is 1. The summed E-state index contributed by atoms with van der Waals surface area (Å²) in [4.78, 5) is 4.36. The largest absolute Gasteiger partial charge is 0.378 e. The number of aromatic nitrogens is 5. The molecule has 20 heavy (non-hydrogen) atoms. The van der Waals surface area contributed by atoms with E-state index in [2.05, 4.69) is 20.5 Å². The minimum Gasteiger partial charge on any atom is -0.378 e. The van der Waals surface area contributed by atoms with Crippen molar-refractivity contribution in [1.82, 2.24) is 25.1 Å². The molecule has 1 fully saturated rings. The van der Waals surface area contributed by atoms with Gasteiger partial charge in [0.25, 0.3) is 0 Å². The van der Waals surface area contributed by atoms with Crippen molar-refractivity contribution in [1.29, 1.82) is 0 Å². The van der Waals surface area contributed by atoms with Gasteiger partial charge in [-0.3, -0.25) is 0 Å². The fourth-order valence-corrected chi connectivity index (χ4v) is 2.26. The van der Waals surface area contributed by atoms with E-state index in [1.807, 2.05) is 0 Å². The van der Waals surface area contributed by atoms with E-state index in [0.29, 0.717) is 31.2 Å². The Bertz CT molecular complexity index is 546. The molecule has 2 aromatic heterocycles. The molecule has 0 aliphatic carbocycles. The van der Waals surface area contributed by atoms with Crippen LogP contribution in [0.5, 0.6) is 0 Å². The molecule has 8 heteroatoms. The quantitative estimate of drug-likeness (QED) is 0.837. The molecule has 0 radical (unpaired) electrons. The van der Waals surface area contributed by atoms with E-state index in [1.165, 1.54) is 6.42 Å². The summed E-state index contributed by atoms with van der Waals surface area (Å²) < 4.78 is 12.5. The lowest BCUT2D eigenvalue weighted by Gasteiger charge is -2.20. The molecule has 0 saturated carbocycles. The van der Waals surface area contributed by atoms with Crippen molar-refractivity contribution >= 4 is 0 Å². The van der Waals surface area contributed by atoms with Crippen LogP contribution in [0.25, 0.3) is 0 Å². The van der Waals surface area contributed by atoms with Crippen molar-refractivity contribution in [3.05, 3.63) is 23.6 Å². The summed E-state index contributed by atoms with van der Waals surface area (Å²) in [6, 6.07) is 0. The molecule has 0 amide bonds. The van der Waals surface area contributed by atoms with Gasteiger partial charge in [0.2, 0.25) is 5.89 Å². The first-order valence-electron chi connectivity index (χ1n) is 6.85. The molecule has 8 nitrogen and oxygen atoms in total. The Balaban J connectivity index is 1.58. The zero-order valence-electron chi connectivity index (χ0n) is 11.2. The first-order valence-corrected chi connectivity index (χ1v) is 6.85. The maximum atomic E-state index is 5.66. The number of nitrogens with zero attached hydrogens (tertiary/aromatic N) is 5. The van der Waals surface area contributed by atoms with Crippen LogP contribution in [-0.2, 0) is 24.2 Å². The molecule has 0 spiro atoms. The summed E-state index contributed by atoms with van der Waals surface area (Å²) in [7, 11) is 0. The zero-order chi connectivity index (χ0) is 13.8. The van der Waals surface area contributed by atoms with Crippen LogP contribution in [0.15, 0.2) is 10.7 Å². The van der Waals surface area contributed by atoms with Crippen molar-refractivity contribution in [3.8, 4) is 0 Å². The molecule has 1 aliphatic rings. The fourth-order valence-electron chi connectivity index (χ4n) is 2.26. The van der Waals surface area contributed by atoms with Crippen LogP contribution in [0.2, 0.25) is 0 Å². The summed E-state index contributed by atoms with van der Waals surface area (Å²) in [5.74, 6) is 1.20. The molecule has 1 aliphatic heterocycles. The smallest absolute Gasteiger partial charge is 0.248 e. The lowest BCUT2D eigenvalue weighted by molar-refractivity contribution is 0.0153. The molecule has 1 atom stereocenters. The predicted octanol–water partition coefficient (Wildman–Crippen LogP) is 0.280. The fraction of sp³-hybridized carbons (Fsp3) is 0.667. The first-order chi connectivity index (χ1) is 9.83. The van der Waals surface area contributed by atoms with Gasteiger partial charge < -0.3 is 15.0 Å². The van der Waals surface area contributed by atoms with Crippen LogP contribution >= 0.6 is 0 Å². The average Bonchev–Trinajstić information content (AvgIpc) is 3.10. The van der Waals surface area contributed by atoms with Crippen molar-refractivity contribution in [2.75, 3.05) is 6.61 Å². The Morgan fingerprint density at radius 2 is 2.35 bits per heavy atom. The van der Waals surface area contributed by atoms with E-state index < -0.39 is 0 Å². The van der Waals surface area contributed by atoms with E-state index >= 15 is 0 Å². The van der Waals surface area contributed by atoms with Gasteiger partial charge in [-0.1, -0.05) is 10.4 Å². The Morgan fingerprint density at radius 3 is 3.10 bits per heavy atom. The van der Waals surface area contributed by atoms with Crippen LogP contribution in [0.4, 0.5) is 0 Å². The summed E-state index contributed by atoms with van der Waals surface area (Å²) in [6.45, 7) is 1.61. The second kappa shape index (κ2) is 6.10. The highest BCUT2D eigenvalue weighted by atomic mass is 16.5. The van der Waals surface area contributed by atoms with Gasteiger partial charge in [0.1, 0.15) is 6.54 Å². The molecule has 0 bridgehead atoms. The molecule has 1 saturated heterocycles. The predicted molar refractivity (Wildman–Crippen MR) is 68.6 cm³/mol. The molecule has 2 N–H and O–H groups in total. The standard InChI is InChI=1S/C12H18N6O2/c13-6-9-7-18(17-15-9)8-12-14-11(16-20-12)5-10-3-1-2-4-19-10/h7,10H,1-6,8,13H2. The van der Waals surface area contributed by atoms with Crippen LogP contribution in [-0.4, -0.2) is 37.8 Å².